The molecule has 0 unspecified atom stereocenters. The van der Waals surface area contributed by atoms with Gasteiger partial charge in [-0.3, -0.25) is 0 Å². The summed E-state index contributed by atoms with van der Waals surface area (Å²) in [6.07, 6.45) is 28.7. The van der Waals surface area contributed by atoms with Crippen molar-refractivity contribution in [1.82, 2.24) is 0 Å². The normalized spacial score (nSPS) is 3.30. The molecule has 0 fully saturated rings. The van der Waals surface area contributed by atoms with Crippen LogP contribution in [-0.4, -0.2) is 0 Å². The molecule has 0 amide bonds. The summed E-state index contributed by atoms with van der Waals surface area (Å²) >= 11 is 0. The second-order valence-electron chi connectivity index (χ2n) is 7.89. The molecule has 0 bridgehead atoms. The van der Waals surface area contributed by atoms with E-state index in [1.807, 2.05) is 13.8 Å². The number of terminal acetylenes is 6. The molecule has 0 radical (unpaired) electrons. The average molecular weight is 1110 g/mol. The van der Waals surface area contributed by atoms with Crippen molar-refractivity contribution in [1.29, 1.82) is 0 Å². The van der Waals surface area contributed by atoms with Crippen LogP contribution in [0.25, 0.3) is 0 Å². The van der Waals surface area contributed by atoms with Crippen molar-refractivity contribution in [2.24, 2.45) is 0 Å². The summed E-state index contributed by atoms with van der Waals surface area (Å²) in [7, 11) is 0. The largest absolute Gasteiger partial charge is 0.120 e. The third-order valence-electron chi connectivity index (χ3n) is 3.42. The van der Waals surface area contributed by atoms with Crippen LogP contribution in [0, 0.1) is 346 Å². The quantitative estimate of drug-likeness (QED) is 0.169. The van der Waals surface area contributed by atoms with E-state index in [4.69, 9.17) is 32.1 Å². The Kier molecular flexibility index (Phi) is 187. The molecule has 0 saturated heterocycles. The average Bonchev–Trinajstić information content (AvgIpc) is 3.35. The molecule has 0 saturated carbocycles. The molecule has 0 aliphatic rings. The van der Waals surface area contributed by atoms with Crippen LogP contribution < -0.4 is 0 Å². The predicted octanol–water partition coefficient (Wildman–Crippen LogP) is 8.45. The molecule has 0 N–H and O–H groups in total. The van der Waals surface area contributed by atoms with Crippen LogP contribution in [0.15, 0.2) is 0 Å². The fourth-order valence-electron chi connectivity index (χ4n) is 1.40. The van der Waals surface area contributed by atoms with Crippen molar-refractivity contribution >= 4 is 17.0 Å². The number of hydrogen-bond donors (Lipinski definition) is 0. The number of rotatable bonds is 0. The van der Waals surface area contributed by atoms with Gasteiger partial charge in [-0.05, 0) is 318 Å². The second kappa shape index (κ2) is 137. The minimum Gasteiger partial charge on any atom is -0.120 e. The molecule has 3 heteroatoms. The second-order valence-corrected chi connectivity index (χ2v) is 7.89. The first-order valence-electron chi connectivity index (χ1n) is 17.7. The zero-order valence-corrected chi connectivity index (χ0v) is 48.9. The Morgan fingerprint density at radius 2 is 0.243 bits per heavy atom. The first-order valence-corrected chi connectivity index (χ1v) is 17.7. The molecule has 344 valence electrons. The molecule has 0 aliphatic heterocycles. The van der Waals surface area contributed by atoms with E-state index in [1.165, 1.54) is 0 Å². The fourth-order valence-corrected chi connectivity index (χ4v) is 1.40. The predicted molar refractivity (Wildman–Crippen MR) is 319 cm³/mol. The summed E-state index contributed by atoms with van der Waals surface area (Å²) in [5.74, 6) is 128. The van der Waals surface area contributed by atoms with Crippen LogP contribution in [0.2, 0.25) is 0 Å². The summed E-state index contributed by atoms with van der Waals surface area (Å²) in [5.41, 5.74) is 0. The third kappa shape index (κ3) is 202. The van der Waals surface area contributed by atoms with Gasteiger partial charge in [0.1, 0.15) is 0 Å². The van der Waals surface area contributed by atoms with Crippen molar-refractivity contribution < 1.29 is 39.0 Å². The van der Waals surface area contributed by atoms with E-state index in [9.17, 15) is 0 Å². The third-order valence-corrected chi connectivity index (χ3v) is 3.42. The summed E-state index contributed by atoms with van der Waals surface area (Å²) < 4.78 is 0. The van der Waals surface area contributed by atoms with Crippen molar-refractivity contribution in [2.45, 2.75) is 91.5 Å². The molecule has 0 heterocycles. The molecule has 0 atom stereocenters. The van der Waals surface area contributed by atoms with Gasteiger partial charge in [0.15, 0.2) is 0 Å². The Labute approximate surface area is 490 Å². The van der Waals surface area contributed by atoms with E-state index in [1.54, 1.807) is 55.4 Å². The van der Waals surface area contributed by atoms with Gasteiger partial charge in [-0.15, -0.1) is 73.3 Å². The van der Waals surface area contributed by atoms with Crippen LogP contribution in [0.5, 0.6) is 0 Å². The van der Waals surface area contributed by atoms with E-state index < -0.39 is 0 Å². The van der Waals surface area contributed by atoms with Gasteiger partial charge in [-0.2, -0.15) is 0 Å². The Hall–Kier alpha value is -11.0. The van der Waals surface area contributed by atoms with E-state index in [0.717, 1.165) is 0 Å². The van der Waals surface area contributed by atoms with Gasteiger partial charge >= 0.3 is 0 Å². The SMILES string of the molecule is Br.C.C.C.C#CC.C#CC#CC#CC.C#CC#CC#CC#CC#C.C#CC#CC#CC#CC#CC.C#CC#CC#CC#CC#CC#CC.CC#CC.CC#CC#CC#CC.CC#CC#CC#CC#CC#CC.[Zn].[Zn]. The molecule has 0 aliphatic carbocycles. The summed E-state index contributed by atoms with van der Waals surface area (Å²) in [6, 6.07) is 0. The Bertz CT molecular complexity index is 3380. The minimum absolute atomic E-state index is 0. The van der Waals surface area contributed by atoms with E-state index in [0.29, 0.717) is 0 Å². The molecule has 0 rings (SSSR count). The topological polar surface area (TPSA) is 0 Å². The van der Waals surface area contributed by atoms with Crippen LogP contribution in [0.3, 0.4) is 0 Å². The maximum Gasteiger partial charge on any atom is 0 e. The summed E-state index contributed by atoms with van der Waals surface area (Å²) in [6.45, 7) is 17.3. The van der Waals surface area contributed by atoms with Gasteiger partial charge in [0.05, 0.1) is 0 Å². The molecular formula is C71H49BrZn2. The Morgan fingerprint density at radius 3 is 0.324 bits per heavy atom. The van der Waals surface area contributed by atoms with Crippen LogP contribution in [-0.2, 0) is 39.0 Å². The minimum atomic E-state index is 0. The molecule has 0 aromatic carbocycles. The van der Waals surface area contributed by atoms with Crippen LogP contribution >= 0.6 is 17.0 Å². The molecule has 0 aromatic heterocycles. The standard InChI is InChI=1S/C13H4.C12H6.C11H4.C10H2.C8H6.C7H4.C4H6.C3H4.3CH4.BrH.2Zn/c1-3-5-7-9-11-13-12-10-8-6-4-2;1-3-5-7-9-11-12-10-8-6-4-2;1-3-5-7-9-11-10-8-6-4-2;1-3-5-7-9-10-8-6-4-2;1-3-5-7-8-6-4-2;1-3-5-7-6-4-2;1-3-4-2;1-3-2;;;;;;/h1H,2H3;1-2H3;1H,2H3;1-2H;1-2H3;1H,2H3;1-2H3;1H,2H3;3*1H4;1H;;. The van der Waals surface area contributed by atoms with Gasteiger partial charge in [-0.1, -0.05) is 63.7 Å². The summed E-state index contributed by atoms with van der Waals surface area (Å²) in [4.78, 5) is 0. The summed E-state index contributed by atoms with van der Waals surface area (Å²) in [5, 5.41) is 0. The number of hydrogen-bond acceptors (Lipinski definition) is 0. The molecular weight excluding hydrogens is 1060 g/mol. The Morgan fingerprint density at radius 1 is 0.162 bits per heavy atom. The van der Waals surface area contributed by atoms with E-state index in [2.05, 4.69) is 314 Å². The number of halogens is 1. The smallest absolute Gasteiger partial charge is 0 e. The van der Waals surface area contributed by atoms with Crippen LogP contribution in [0.4, 0.5) is 0 Å². The van der Waals surface area contributed by atoms with Crippen molar-refractivity contribution in [3.63, 3.8) is 0 Å². The molecule has 0 spiro atoms. The maximum absolute atomic E-state index is 4.86. The first-order chi connectivity index (χ1) is 33.3. The zero-order valence-electron chi connectivity index (χ0n) is 41.3. The molecule has 0 nitrogen and oxygen atoms in total. The fraction of sp³-hybridized carbons (Fsp3) is 0.183. The van der Waals surface area contributed by atoms with Crippen molar-refractivity contribution in [3.05, 3.63) is 0 Å². The van der Waals surface area contributed by atoms with Crippen LogP contribution in [0.1, 0.15) is 91.5 Å². The first kappa shape index (κ1) is 101. The van der Waals surface area contributed by atoms with Crippen molar-refractivity contribution in [2.75, 3.05) is 0 Å². The van der Waals surface area contributed by atoms with Gasteiger partial charge in [0.2, 0.25) is 0 Å². The maximum atomic E-state index is 4.86. The van der Waals surface area contributed by atoms with Crippen molar-refractivity contribution in [3.8, 4) is 346 Å². The van der Waals surface area contributed by atoms with E-state index in [-0.39, 0.29) is 78.2 Å². The molecule has 0 aromatic rings. The van der Waals surface area contributed by atoms with E-state index >= 15 is 0 Å². The Balaban J connectivity index is -0.0000000470. The monoisotopic (exact) mass is 1110 g/mol. The molecule has 74 heavy (non-hydrogen) atoms. The zero-order chi connectivity index (χ0) is 52.8. The van der Waals surface area contributed by atoms with Gasteiger partial charge < -0.3 is 0 Å². The van der Waals surface area contributed by atoms with Gasteiger partial charge in [-0.25, -0.2) is 0 Å². The van der Waals surface area contributed by atoms with Gasteiger partial charge in [0.25, 0.3) is 0 Å². The van der Waals surface area contributed by atoms with Gasteiger partial charge in [0, 0.05) is 39.0 Å².